The Morgan fingerprint density at radius 1 is 1.10 bits per heavy atom. The molecule has 3 aromatic rings. The van der Waals surface area contributed by atoms with E-state index in [4.69, 9.17) is 0 Å². The first kappa shape index (κ1) is 21.0. The Balaban J connectivity index is 1.57. The van der Waals surface area contributed by atoms with Crippen LogP contribution in [0.1, 0.15) is 27.0 Å². The van der Waals surface area contributed by atoms with E-state index < -0.39 is 10.0 Å². The molecule has 1 aliphatic rings. The highest BCUT2D eigenvalue weighted by Gasteiger charge is 2.24. The summed E-state index contributed by atoms with van der Waals surface area (Å²) in [4.78, 5) is 16.9. The third-order valence-corrected chi connectivity index (χ3v) is 6.62. The number of aromatic nitrogens is 1. The SMILES string of the molecule is Cc1ccc(Nc2cccc3c2CCN(S(C)(=O)=O)C3)cc1C(=O)Nc1ccccn1. The van der Waals surface area contributed by atoms with Crippen LogP contribution in [0.15, 0.2) is 60.8 Å². The fraction of sp³-hybridized carbons (Fsp3) is 0.217. The molecule has 0 unspecified atom stereocenters. The second-order valence-corrected chi connectivity index (χ2v) is 9.60. The van der Waals surface area contributed by atoms with Crippen molar-refractivity contribution in [3.8, 4) is 0 Å². The molecule has 1 amide bonds. The van der Waals surface area contributed by atoms with Crippen molar-refractivity contribution >= 4 is 33.1 Å². The molecule has 4 rings (SSSR count). The number of sulfonamides is 1. The Bertz CT molecular complexity index is 1230. The van der Waals surface area contributed by atoms with Crippen molar-refractivity contribution < 1.29 is 13.2 Å². The Hall–Kier alpha value is -3.23. The van der Waals surface area contributed by atoms with Gasteiger partial charge in [-0.25, -0.2) is 13.4 Å². The predicted molar refractivity (Wildman–Crippen MR) is 122 cm³/mol. The molecule has 0 aliphatic carbocycles. The average Bonchev–Trinajstić information content (AvgIpc) is 2.75. The van der Waals surface area contributed by atoms with E-state index in [1.54, 1.807) is 18.3 Å². The van der Waals surface area contributed by atoms with Crippen LogP contribution in [-0.4, -0.2) is 36.4 Å². The highest BCUT2D eigenvalue weighted by atomic mass is 32.2. The molecule has 7 nitrogen and oxygen atoms in total. The van der Waals surface area contributed by atoms with Gasteiger partial charge in [-0.05, 0) is 60.4 Å². The van der Waals surface area contributed by atoms with Gasteiger partial charge in [-0.15, -0.1) is 0 Å². The Morgan fingerprint density at radius 3 is 2.68 bits per heavy atom. The van der Waals surface area contributed by atoms with Gasteiger partial charge >= 0.3 is 0 Å². The smallest absolute Gasteiger partial charge is 0.257 e. The lowest BCUT2D eigenvalue weighted by Gasteiger charge is -2.28. The molecule has 0 saturated carbocycles. The molecule has 8 heteroatoms. The average molecular weight is 437 g/mol. The number of benzene rings is 2. The van der Waals surface area contributed by atoms with E-state index in [0.29, 0.717) is 30.9 Å². The molecular weight excluding hydrogens is 412 g/mol. The van der Waals surface area contributed by atoms with Crippen LogP contribution in [0.5, 0.6) is 0 Å². The van der Waals surface area contributed by atoms with Gasteiger partial charge in [0.25, 0.3) is 5.91 Å². The number of fused-ring (bicyclic) bond motifs is 1. The van der Waals surface area contributed by atoms with Crippen molar-refractivity contribution in [3.63, 3.8) is 0 Å². The van der Waals surface area contributed by atoms with Crippen LogP contribution in [0.2, 0.25) is 0 Å². The summed E-state index contributed by atoms with van der Waals surface area (Å²) >= 11 is 0. The molecule has 2 heterocycles. The van der Waals surface area contributed by atoms with Crippen LogP contribution in [0.25, 0.3) is 0 Å². The number of rotatable bonds is 5. The van der Waals surface area contributed by atoms with Gasteiger partial charge in [-0.1, -0.05) is 24.3 Å². The first-order chi connectivity index (χ1) is 14.8. The fourth-order valence-electron chi connectivity index (χ4n) is 3.70. The molecule has 0 fully saturated rings. The normalized spacial score (nSPS) is 14.0. The van der Waals surface area contributed by atoms with Gasteiger partial charge in [-0.2, -0.15) is 4.31 Å². The molecule has 0 radical (unpaired) electrons. The topological polar surface area (TPSA) is 91.4 Å². The number of hydrogen-bond donors (Lipinski definition) is 2. The highest BCUT2D eigenvalue weighted by molar-refractivity contribution is 7.88. The number of nitrogens with zero attached hydrogens (tertiary/aromatic N) is 2. The minimum Gasteiger partial charge on any atom is -0.355 e. The van der Waals surface area contributed by atoms with Crippen LogP contribution in [0.4, 0.5) is 17.2 Å². The zero-order valence-electron chi connectivity index (χ0n) is 17.4. The molecule has 31 heavy (non-hydrogen) atoms. The Morgan fingerprint density at radius 2 is 1.94 bits per heavy atom. The van der Waals surface area contributed by atoms with Crippen molar-refractivity contribution in [3.05, 3.63) is 83.0 Å². The number of nitrogens with one attached hydrogen (secondary N) is 2. The first-order valence-corrected chi connectivity index (χ1v) is 11.8. The third kappa shape index (κ3) is 4.76. The molecule has 2 aromatic carbocycles. The van der Waals surface area contributed by atoms with Crippen LogP contribution in [0.3, 0.4) is 0 Å². The molecular formula is C23H24N4O3S. The van der Waals surface area contributed by atoms with Crippen molar-refractivity contribution in [1.29, 1.82) is 0 Å². The summed E-state index contributed by atoms with van der Waals surface area (Å²) in [6.07, 6.45) is 3.50. The fourth-order valence-corrected chi connectivity index (χ4v) is 4.50. The number of amides is 1. The molecule has 160 valence electrons. The summed E-state index contributed by atoms with van der Waals surface area (Å²) in [5.41, 5.74) is 5.22. The number of aryl methyl sites for hydroxylation is 1. The number of anilines is 3. The largest absolute Gasteiger partial charge is 0.355 e. The van der Waals surface area contributed by atoms with Gasteiger partial charge < -0.3 is 10.6 Å². The highest BCUT2D eigenvalue weighted by Crippen LogP contribution is 2.30. The van der Waals surface area contributed by atoms with E-state index in [0.717, 1.165) is 28.1 Å². The van der Waals surface area contributed by atoms with Gasteiger partial charge in [0.15, 0.2) is 0 Å². The van der Waals surface area contributed by atoms with Crippen molar-refractivity contribution in [2.45, 2.75) is 19.9 Å². The zero-order valence-corrected chi connectivity index (χ0v) is 18.2. The van der Waals surface area contributed by atoms with E-state index in [2.05, 4.69) is 15.6 Å². The monoisotopic (exact) mass is 436 g/mol. The number of carbonyl (C=O) groups is 1. The zero-order chi connectivity index (χ0) is 22.0. The van der Waals surface area contributed by atoms with Gasteiger partial charge in [-0.3, -0.25) is 4.79 Å². The summed E-state index contributed by atoms with van der Waals surface area (Å²) < 4.78 is 25.3. The summed E-state index contributed by atoms with van der Waals surface area (Å²) in [5, 5.41) is 6.23. The van der Waals surface area contributed by atoms with Crippen molar-refractivity contribution in [2.75, 3.05) is 23.4 Å². The second-order valence-electron chi connectivity index (χ2n) is 7.61. The lowest BCUT2D eigenvalue weighted by Crippen LogP contribution is -2.35. The van der Waals surface area contributed by atoms with Gasteiger partial charge in [0, 0.05) is 36.2 Å². The maximum absolute atomic E-state index is 12.8. The predicted octanol–water partition coefficient (Wildman–Crippen LogP) is 3.70. The van der Waals surface area contributed by atoms with Crippen LogP contribution < -0.4 is 10.6 Å². The molecule has 0 saturated heterocycles. The van der Waals surface area contributed by atoms with Gasteiger partial charge in [0.1, 0.15) is 5.82 Å². The van der Waals surface area contributed by atoms with E-state index in [1.807, 2.05) is 49.4 Å². The Labute approximate surface area is 182 Å². The molecule has 0 spiro atoms. The lowest BCUT2D eigenvalue weighted by atomic mass is 9.98. The number of pyridine rings is 1. The van der Waals surface area contributed by atoms with Crippen LogP contribution in [0, 0.1) is 6.92 Å². The van der Waals surface area contributed by atoms with Gasteiger partial charge in [0.2, 0.25) is 10.0 Å². The molecule has 2 N–H and O–H groups in total. The standard InChI is InChI=1S/C23H24N4O3S/c1-16-9-10-18(14-20(16)23(28)26-22-8-3-4-12-24-22)25-21-7-5-6-17-15-27(31(2,29)30)13-11-19(17)21/h3-10,12,14,25H,11,13,15H2,1-2H3,(H,24,26,28). The minimum atomic E-state index is -3.22. The van der Waals surface area contributed by atoms with Crippen molar-refractivity contribution in [2.24, 2.45) is 0 Å². The minimum absolute atomic E-state index is 0.223. The maximum Gasteiger partial charge on any atom is 0.257 e. The molecule has 0 atom stereocenters. The second kappa shape index (κ2) is 8.49. The third-order valence-electron chi connectivity index (χ3n) is 5.37. The summed E-state index contributed by atoms with van der Waals surface area (Å²) in [6.45, 7) is 2.72. The number of carbonyl (C=O) groups excluding carboxylic acids is 1. The Kier molecular flexibility index (Phi) is 5.75. The summed E-state index contributed by atoms with van der Waals surface area (Å²) in [7, 11) is -3.22. The van der Waals surface area contributed by atoms with Gasteiger partial charge in [0.05, 0.1) is 6.26 Å². The van der Waals surface area contributed by atoms with Crippen LogP contribution >= 0.6 is 0 Å². The van der Waals surface area contributed by atoms with E-state index >= 15 is 0 Å². The molecule has 0 bridgehead atoms. The number of hydrogen-bond acceptors (Lipinski definition) is 5. The van der Waals surface area contributed by atoms with E-state index in [9.17, 15) is 13.2 Å². The van der Waals surface area contributed by atoms with E-state index in [-0.39, 0.29) is 5.91 Å². The maximum atomic E-state index is 12.8. The summed E-state index contributed by atoms with van der Waals surface area (Å²) in [6, 6.07) is 16.8. The molecule has 1 aromatic heterocycles. The first-order valence-electron chi connectivity index (χ1n) is 9.97. The molecule has 1 aliphatic heterocycles. The van der Waals surface area contributed by atoms with E-state index in [1.165, 1.54) is 10.6 Å². The van der Waals surface area contributed by atoms with Crippen LogP contribution in [-0.2, 0) is 23.0 Å². The lowest BCUT2D eigenvalue weighted by molar-refractivity contribution is 0.102. The quantitative estimate of drug-likeness (QED) is 0.636. The summed E-state index contributed by atoms with van der Waals surface area (Å²) in [5.74, 6) is 0.275. The van der Waals surface area contributed by atoms with Crippen molar-refractivity contribution in [1.82, 2.24) is 9.29 Å².